The maximum Gasteiger partial charge on any atom is 0.488 e. The van der Waals surface area contributed by atoms with Gasteiger partial charge in [-0.1, -0.05) is 102 Å². The van der Waals surface area contributed by atoms with Gasteiger partial charge in [-0.05, 0) is 58.9 Å². The van der Waals surface area contributed by atoms with Crippen LogP contribution < -0.4 is 10.9 Å². The molecule has 0 radical (unpaired) electrons. The van der Waals surface area contributed by atoms with E-state index in [2.05, 4.69) is 13.8 Å². The van der Waals surface area contributed by atoms with Gasteiger partial charge in [-0.2, -0.15) is 0 Å². The molecule has 0 aliphatic heterocycles. The van der Waals surface area contributed by atoms with Gasteiger partial charge in [0.1, 0.15) is 0 Å². The molecule has 0 amide bonds. The molecule has 0 atom stereocenters. The van der Waals surface area contributed by atoms with Crippen LogP contribution in [0.4, 0.5) is 0 Å². The SMILES string of the molecule is CCCCCCC1(CCCCCC)c2cc(B(O)O)ccc2-c2ccc(B(O)O)cc21.OCCCO.OCCCO. The predicted octanol–water partition coefficient (Wildman–Crippen LogP) is 1.98. The standard InChI is InChI=1S/C25H36B2O4.2C3H8O2/c1-3-5-7-9-15-25(16-10-8-6-4-2)23-17-19(26(28)29)11-13-21(23)22-14-12-20(27(30)31)18-24(22)25;2*4-2-1-3-5/h11-14,17-18,28-31H,3-10,15-16H2,1-2H3;2*4-5H,1-3H2. The molecule has 10 heteroatoms. The van der Waals surface area contributed by atoms with E-state index in [9.17, 15) is 20.1 Å². The summed E-state index contributed by atoms with van der Waals surface area (Å²) in [5.74, 6) is 0. The van der Waals surface area contributed by atoms with Crippen molar-refractivity contribution in [1.29, 1.82) is 0 Å². The van der Waals surface area contributed by atoms with Gasteiger partial charge in [0.25, 0.3) is 0 Å². The first-order valence-corrected chi connectivity index (χ1v) is 15.2. The van der Waals surface area contributed by atoms with Crippen LogP contribution in [-0.4, -0.2) is 81.2 Å². The third-order valence-corrected chi connectivity index (χ3v) is 7.55. The van der Waals surface area contributed by atoms with E-state index in [-0.39, 0.29) is 31.8 Å². The first-order chi connectivity index (χ1) is 19.8. The van der Waals surface area contributed by atoms with Crippen LogP contribution in [0.15, 0.2) is 36.4 Å². The zero-order valence-corrected chi connectivity index (χ0v) is 25.0. The number of hydrogen-bond acceptors (Lipinski definition) is 8. The Hall–Kier alpha value is -1.75. The van der Waals surface area contributed by atoms with E-state index in [4.69, 9.17) is 20.4 Å². The Morgan fingerprint density at radius 1 is 0.512 bits per heavy atom. The molecule has 2 aromatic carbocycles. The molecule has 0 aromatic heterocycles. The fourth-order valence-electron chi connectivity index (χ4n) is 5.36. The quantitative estimate of drug-likeness (QED) is 0.112. The number of hydrogen-bond donors (Lipinski definition) is 8. The summed E-state index contributed by atoms with van der Waals surface area (Å²) in [6.45, 7) is 4.80. The van der Waals surface area contributed by atoms with Gasteiger partial charge in [-0.15, -0.1) is 0 Å². The lowest BCUT2D eigenvalue weighted by atomic mass is 9.67. The Morgan fingerprint density at radius 2 is 0.878 bits per heavy atom. The number of fused-ring (bicyclic) bond motifs is 3. The average Bonchev–Trinajstić information content (AvgIpc) is 3.23. The number of rotatable bonds is 16. The number of aliphatic hydroxyl groups is 4. The third-order valence-electron chi connectivity index (χ3n) is 7.55. The minimum Gasteiger partial charge on any atom is -0.423 e. The molecule has 1 aliphatic carbocycles. The summed E-state index contributed by atoms with van der Waals surface area (Å²) in [5, 5.41) is 71.0. The van der Waals surface area contributed by atoms with Gasteiger partial charge < -0.3 is 40.5 Å². The van der Waals surface area contributed by atoms with Crippen LogP contribution in [0.3, 0.4) is 0 Å². The van der Waals surface area contributed by atoms with Crippen molar-refractivity contribution in [2.24, 2.45) is 0 Å². The van der Waals surface area contributed by atoms with Crippen molar-refractivity contribution >= 4 is 25.2 Å². The van der Waals surface area contributed by atoms with Gasteiger partial charge in [-0.25, -0.2) is 0 Å². The van der Waals surface area contributed by atoms with Crippen molar-refractivity contribution in [2.45, 2.75) is 96.3 Å². The van der Waals surface area contributed by atoms with Crippen molar-refractivity contribution in [3.05, 3.63) is 47.5 Å². The molecule has 0 saturated carbocycles. The lowest BCUT2D eigenvalue weighted by molar-refractivity contribution is 0.220. The molecular formula is C31H52B2O8. The van der Waals surface area contributed by atoms with Crippen LogP contribution in [0.2, 0.25) is 0 Å². The zero-order valence-electron chi connectivity index (χ0n) is 25.0. The summed E-state index contributed by atoms with van der Waals surface area (Å²) >= 11 is 0. The molecule has 2 aromatic rings. The molecule has 0 heterocycles. The fraction of sp³-hybridized carbons (Fsp3) is 0.613. The first-order valence-electron chi connectivity index (χ1n) is 15.2. The summed E-state index contributed by atoms with van der Waals surface area (Å²) in [5.41, 5.74) is 5.37. The van der Waals surface area contributed by atoms with Crippen molar-refractivity contribution < 1.29 is 40.5 Å². The molecule has 0 fully saturated rings. The minimum atomic E-state index is -1.50. The van der Waals surface area contributed by atoms with E-state index >= 15 is 0 Å². The van der Waals surface area contributed by atoms with Gasteiger partial charge in [-0.3, -0.25) is 0 Å². The highest BCUT2D eigenvalue weighted by atomic mass is 16.4. The zero-order chi connectivity index (χ0) is 30.7. The van der Waals surface area contributed by atoms with Crippen molar-refractivity contribution in [2.75, 3.05) is 26.4 Å². The Bertz CT molecular complexity index is 890. The first kappa shape index (κ1) is 37.3. The second kappa shape index (κ2) is 21.0. The molecule has 0 unspecified atom stereocenters. The molecule has 0 bridgehead atoms. The van der Waals surface area contributed by atoms with Gasteiger partial charge in [0.2, 0.25) is 0 Å². The number of benzene rings is 2. The fourth-order valence-corrected chi connectivity index (χ4v) is 5.36. The van der Waals surface area contributed by atoms with Crippen molar-refractivity contribution in [3.8, 4) is 11.1 Å². The average molecular weight is 574 g/mol. The summed E-state index contributed by atoms with van der Waals surface area (Å²) in [6.07, 6.45) is 12.3. The van der Waals surface area contributed by atoms with Crippen LogP contribution in [0, 0.1) is 0 Å². The van der Waals surface area contributed by atoms with Gasteiger partial charge in [0.05, 0.1) is 0 Å². The van der Waals surface area contributed by atoms with Crippen molar-refractivity contribution in [1.82, 2.24) is 0 Å². The maximum absolute atomic E-state index is 9.84. The van der Waals surface area contributed by atoms with E-state index < -0.39 is 14.2 Å². The second-order valence-corrected chi connectivity index (χ2v) is 10.7. The molecule has 1 aliphatic rings. The Balaban J connectivity index is 0.000000722. The monoisotopic (exact) mass is 574 g/mol. The molecule has 8 N–H and O–H groups in total. The lowest BCUT2D eigenvalue weighted by Gasteiger charge is -2.33. The van der Waals surface area contributed by atoms with Crippen molar-refractivity contribution in [3.63, 3.8) is 0 Å². The van der Waals surface area contributed by atoms with Crippen LogP contribution in [0.5, 0.6) is 0 Å². The van der Waals surface area contributed by atoms with Crippen LogP contribution in [0.1, 0.15) is 102 Å². The minimum absolute atomic E-state index is 0.0938. The van der Waals surface area contributed by atoms with Gasteiger partial charge >= 0.3 is 14.2 Å². The molecule has 41 heavy (non-hydrogen) atoms. The van der Waals surface area contributed by atoms with Crippen LogP contribution in [-0.2, 0) is 5.41 Å². The van der Waals surface area contributed by atoms with Gasteiger partial charge in [0, 0.05) is 31.8 Å². The highest BCUT2D eigenvalue weighted by Crippen LogP contribution is 2.53. The smallest absolute Gasteiger partial charge is 0.423 e. The van der Waals surface area contributed by atoms with Gasteiger partial charge in [0.15, 0.2) is 0 Å². The normalized spacial score (nSPS) is 12.4. The highest BCUT2D eigenvalue weighted by molar-refractivity contribution is 6.59. The lowest BCUT2D eigenvalue weighted by Crippen LogP contribution is -2.34. The van der Waals surface area contributed by atoms with E-state index in [0.29, 0.717) is 23.8 Å². The topological polar surface area (TPSA) is 162 Å². The van der Waals surface area contributed by atoms with E-state index in [0.717, 1.165) is 47.9 Å². The Morgan fingerprint density at radius 3 is 1.15 bits per heavy atom. The predicted molar refractivity (Wildman–Crippen MR) is 167 cm³/mol. The summed E-state index contributed by atoms with van der Waals surface area (Å²) < 4.78 is 0. The summed E-state index contributed by atoms with van der Waals surface area (Å²) in [7, 11) is -3.00. The number of unbranched alkanes of at least 4 members (excludes halogenated alkanes) is 6. The number of aliphatic hydroxyl groups excluding tert-OH is 4. The molecule has 3 rings (SSSR count). The van der Waals surface area contributed by atoms with Crippen LogP contribution in [0.25, 0.3) is 11.1 Å². The molecular weight excluding hydrogens is 522 g/mol. The van der Waals surface area contributed by atoms with E-state index in [1.54, 1.807) is 12.1 Å². The summed E-state index contributed by atoms with van der Waals surface area (Å²) in [6, 6.07) is 11.5. The third kappa shape index (κ3) is 11.5. The molecule has 230 valence electrons. The van der Waals surface area contributed by atoms with E-state index in [1.165, 1.54) is 38.5 Å². The highest BCUT2D eigenvalue weighted by Gasteiger charge is 2.43. The largest absolute Gasteiger partial charge is 0.488 e. The molecule has 0 spiro atoms. The molecule has 0 saturated heterocycles. The van der Waals surface area contributed by atoms with Crippen LogP contribution >= 0.6 is 0 Å². The van der Waals surface area contributed by atoms with E-state index in [1.807, 2.05) is 24.3 Å². The maximum atomic E-state index is 9.84. The Labute approximate surface area is 247 Å². The summed E-state index contributed by atoms with van der Waals surface area (Å²) in [4.78, 5) is 0. The second-order valence-electron chi connectivity index (χ2n) is 10.7. The molecule has 8 nitrogen and oxygen atoms in total. The Kier molecular flexibility index (Phi) is 19.1.